The summed E-state index contributed by atoms with van der Waals surface area (Å²) in [5.41, 5.74) is 2.49. The third kappa shape index (κ3) is 1.70. The molecule has 1 fully saturated rings. The summed E-state index contributed by atoms with van der Waals surface area (Å²) in [6.45, 7) is 1.83. The summed E-state index contributed by atoms with van der Waals surface area (Å²) < 4.78 is 9.06. The predicted molar refractivity (Wildman–Crippen MR) is 85.0 cm³/mol. The van der Waals surface area contributed by atoms with E-state index in [0.29, 0.717) is 5.57 Å². The Kier molecular flexibility index (Phi) is 3.20. The number of hydrogen-bond acceptors (Lipinski definition) is 6. The summed E-state index contributed by atoms with van der Waals surface area (Å²) in [5.74, 6) is -0.951. The molecule has 2 unspecified atom stereocenters. The standard InChI is InChI=1S/C17H17NO4S/c1-21-15(19)13-14(18-8-5-9-18)12-10-6-3-4-7-11(10)23-17(12,13)16(20)22-2/h3-4,6-7,12H,5,8-9H2,1-2H3. The monoisotopic (exact) mass is 331 g/mol. The third-order valence-corrected chi connectivity index (χ3v) is 6.40. The van der Waals surface area contributed by atoms with Crippen molar-refractivity contribution in [2.24, 2.45) is 0 Å². The molecule has 1 aromatic carbocycles. The van der Waals surface area contributed by atoms with Crippen LogP contribution in [0.25, 0.3) is 0 Å². The zero-order chi connectivity index (χ0) is 16.2. The highest BCUT2D eigenvalue weighted by Gasteiger charge is 2.69. The number of hydrogen-bond donors (Lipinski definition) is 0. The van der Waals surface area contributed by atoms with Crippen LogP contribution in [0.15, 0.2) is 40.4 Å². The Balaban J connectivity index is 1.91. The molecule has 1 saturated heterocycles. The number of rotatable bonds is 3. The maximum atomic E-state index is 12.7. The first kappa shape index (κ1) is 14.6. The highest BCUT2D eigenvalue weighted by Crippen LogP contribution is 2.68. The number of fused-ring (bicyclic) bond motifs is 3. The summed E-state index contributed by atoms with van der Waals surface area (Å²) in [4.78, 5) is 28.3. The van der Waals surface area contributed by atoms with E-state index in [-0.39, 0.29) is 11.9 Å². The van der Waals surface area contributed by atoms with Crippen molar-refractivity contribution in [1.82, 2.24) is 4.90 Å². The smallest absolute Gasteiger partial charge is 0.337 e. The number of nitrogens with zero attached hydrogens (tertiary/aromatic N) is 1. The van der Waals surface area contributed by atoms with Crippen molar-refractivity contribution in [2.45, 2.75) is 22.0 Å². The molecule has 0 saturated carbocycles. The van der Waals surface area contributed by atoms with Gasteiger partial charge in [-0.3, -0.25) is 4.79 Å². The van der Waals surface area contributed by atoms with Gasteiger partial charge in [0.15, 0.2) is 4.75 Å². The van der Waals surface area contributed by atoms with Gasteiger partial charge in [0.2, 0.25) is 0 Å². The lowest BCUT2D eigenvalue weighted by Gasteiger charge is -2.51. The van der Waals surface area contributed by atoms with Gasteiger partial charge < -0.3 is 14.4 Å². The Labute approximate surface area is 138 Å². The quantitative estimate of drug-likeness (QED) is 0.789. The Bertz CT molecular complexity index is 740. The molecule has 0 N–H and O–H groups in total. The van der Waals surface area contributed by atoms with Crippen molar-refractivity contribution in [1.29, 1.82) is 0 Å². The van der Waals surface area contributed by atoms with E-state index in [0.717, 1.165) is 35.7 Å². The zero-order valence-corrected chi connectivity index (χ0v) is 13.8. The largest absolute Gasteiger partial charge is 0.468 e. The summed E-state index contributed by atoms with van der Waals surface area (Å²) in [6.07, 6.45) is 1.10. The summed E-state index contributed by atoms with van der Waals surface area (Å²) >= 11 is 1.41. The van der Waals surface area contributed by atoms with Crippen LogP contribution >= 0.6 is 11.8 Å². The minimum absolute atomic E-state index is 0.134. The highest BCUT2D eigenvalue weighted by atomic mass is 32.2. The molecule has 0 radical (unpaired) electrons. The van der Waals surface area contributed by atoms with E-state index in [1.165, 1.54) is 26.0 Å². The van der Waals surface area contributed by atoms with Crippen molar-refractivity contribution >= 4 is 23.7 Å². The van der Waals surface area contributed by atoms with Crippen LogP contribution in [0.5, 0.6) is 0 Å². The molecule has 1 aromatic rings. The van der Waals surface area contributed by atoms with Crippen molar-refractivity contribution in [3.63, 3.8) is 0 Å². The average Bonchev–Trinajstić information content (AvgIpc) is 2.80. The first-order valence-corrected chi connectivity index (χ1v) is 8.41. The molecule has 120 valence electrons. The average molecular weight is 331 g/mol. The molecule has 6 heteroatoms. The molecular formula is C17H17NO4S. The second-order valence-electron chi connectivity index (χ2n) is 5.89. The number of likely N-dealkylation sites (tertiary alicyclic amines) is 1. The Morgan fingerprint density at radius 2 is 1.96 bits per heavy atom. The van der Waals surface area contributed by atoms with E-state index in [4.69, 9.17) is 9.47 Å². The van der Waals surface area contributed by atoms with Crippen molar-refractivity contribution in [3.8, 4) is 0 Å². The van der Waals surface area contributed by atoms with Gasteiger partial charge in [0.05, 0.1) is 25.7 Å². The fourth-order valence-electron chi connectivity index (χ4n) is 3.72. The van der Waals surface area contributed by atoms with Crippen LogP contribution in [0.1, 0.15) is 17.9 Å². The fourth-order valence-corrected chi connectivity index (χ4v) is 5.33. The molecule has 2 aliphatic heterocycles. The first-order valence-electron chi connectivity index (χ1n) is 7.59. The number of thioether (sulfide) groups is 1. The molecule has 2 atom stereocenters. The number of benzene rings is 1. The SMILES string of the molecule is COC(=O)C1=C(N2CCC2)C2c3ccccc3SC12C(=O)OC. The number of methoxy groups -OCH3 is 2. The van der Waals surface area contributed by atoms with Gasteiger partial charge in [-0.25, -0.2) is 4.79 Å². The van der Waals surface area contributed by atoms with Gasteiger partial charge in [-0.1, -0.05) is 18.2 Å². The van der Waals surface area contributed by atoms with E-state index in [9.17, 15) is 9.59 Å². The minimum Gasteiger partial charge on any atom is -0.468 e. The highest BCUT2D eigenvalue weighted by molar-refractivity contribution is 8.02. The van der Waals surface area contributed by atoms with Gasteiger partial charge in [-0.15, -0.1) is 11.8 Å². The molecule has 0 spiro atoms. The zero-order valence-electron chi connectivity index (χ0n) is 13.0. The molecule has 4 rings (SSSR count). The maximum Gasteiger partial charge on any atom is 0.337 e. The van der Waals surface area contributed by atoms with Crippen LogP contribution in [0.4, 0.5) is 0 Å². The van der Waals surface area contributed by atoms with Gasteiger partial charge in [-0.2, -0.15) is 0 Å². The number of carbonyl (C=O) groups excluding carboxylic acids is 2. The lowest BCUT2D eigenvalue weighted by molar-refractivity contribution is -0.148. The van der Waals surface area contributed by atoms with Gasteiger partial charge in [-0.05, 0) is 18.1 Å². The lowest BCUT2D eigenvalue weighted by Crippen LogP contribution is -2.58. The summed E-state index contributed by atoms with van der Waals surface area (Å²) in [7, 11) is 2.72. The fraction of sp³-hybridized carbons (Fsp3) is 0.412. The van der Waals surface area contributed by atoms with Crippen LogP contribution in [0, 0.1) is 0 Å². The van der Waals surface area contributed by atoms with Gasteiger partial charge in [0.25, 0.3) is 0 Å². The van der Waals surface area contributed by atoms with E-state index >= 15 is 0 Å². The minimum atomic E-state index is -1.00. The van der Waals surface area contributed by atoms with Crippen LogP contribution in [0.2, 0.25) is 0 Å². The second-order valence-corrected chi connectivity index (χ2v) is 7.18. The summed E-state index contributed by atoms with van der Waals surface area (Å²) in [5, 5.41) is 0. The molecule has 0 bridgehead atoms. The lowest BCUT2D eigenvalue weighted by atomic mass is 9.66. The van der Waals surface area contributed by atoms with Crippen molar-refractivity contribution in [2.75, 3.05) is 27.3 Å². The molecular weight excluding hydrogens is 314 g/mol. The molecule has 2 heterocycles. The molecule has 0 amide bonds. The number of carbonyl (C=O) groups is 2. The number of allylic oxidation sites excluding steroid dienone is 1. The molecule has 5 nitrogen and oxygen atoms in total. The molecule has 0 aromatic heterocycles. The second kappa shape index (κ2) is 5.03. The third-order valence-electron chi connectivity index (χ3n) is 4.88. The van der Waals surface area contributed by atoms with Crippen LogP contribution in [0.3, 0.4) is 0 Å². The Morgan fingerprint density at radius 1 is 1.22 bits per heavy atom. The van der Waals surface area contributed by atoms with Crippen LogP contribution < -0.4 is 0 Å². The molecule has 23 heavy (non-hydrogen) atoms. The van der Waals surface area contributed by atoms with E-state index in [2.05, 4.69) is 4.90 Å². The number of ether oxygens (including phenoxy) is 2. The van der Waals surface area contributed by atoms with Gasteiger partial charge in [0, 0.05) is 23.7 Å². The maximum absolute atomic E-state index is 12.7. The van der Waals surface area contributed by atoms with Crippen molar-refractivity contribution in [3.05, 3.63) is 41.1 Å². The Hall–Kier alpha value is -1.95. The van der Waals surface area contributed by atoms with Gasteiger partial charge >= 0.3 is 11.9 Å². The Morgan fingerprint density at radius 3 is 2.57 bits per heavy atom. The van der Waals surface area contributed by atoms with Crippen LogP contribution in [-0.2, 0) is 19.1 Å². The normalized spacial score (nSPS) is 27.6. The van der Waals surface area contributed by atoms with E-state index in [1.54, 1.807) is 0 Å². The van der Waals surface area contributed by atoms with E-state index in [1.807, 2.05) is 24.3 Å². The predicted octanol–water partition coefficient (Wildman–Crippen LogP) is 1.93. The summed E-state index contributed by atoms with van der Waals surface area (Å²) in [6, 6.07) is 7.94. The molecule has 1 aliphatic carbocycles. The first-order chi connectivity index (χ1) is 11.1. The van der Waals surface area contributed by atoms with Crippen molar-refractivity contribution < 1.29 is 19.1 Å². The number of esters is 2. The topological polar surface area (TPSA) is 55.8 Å². The van der Waals surface area contributed by atoms with Crippen LogP contribution in [-0.4, -0.2) is 48.9 Å². The van der Waals surface area contributed by atoms with Gasteiger partial charge in [0.1, 0.15) is 0 Å². The van der Waals surface area contributed by atoms with E-state index < -0.39 is 10.7 Å². The molecule has 3 aliphatic rings.